The molecule has 0 saturated carbocycles. The molecule has 0 fully saturated rings. The number of carbonyl (C=O) groups is 1. The van der Waals surface area contributed by atoms with Crippen LogP contribution in [0, 0.1) is 13.8 Å². The van der Waals surface area contributed by atoms with Gasteiger partial charge in [-0.15, -0.1) is 0 Å². The van der Waals surface area contributed by atoms with Gasteiger partial charge in [0.05, 0.1) is 30.8 Å². The zero-order valence-electron chi connectivity index (χ0n) is 24.0. The number of hydrogen-bond acceptors (Lipinski definition) is 6. The number of nitrogens with one attached hydrogen (secondary N) is 1. The summed E-state index contributed by atoms with van der Waals surface area (Å²) in [5, 5.41) is 3.12. The predicted molar refractivity (Wildman–Crippen MR) is 156 cm³/mol. The highest BCUT2D eigenvalue weighted by molar-refractivity contribution is 7.92. The number of hydrogen-bond donors (Lipinski definition) is 1. The minimum atomic E-state index is -4.16. The Morgan fingerprint density at radius 1 is 0.975 bits per heavy atom. The number of aryl methyl sites for hydroxylation is 2. The van der Waals surface area contributed by atoms with Crippen LogP contribution in [0.3, 0.4) is 0 Å². The number of methoxy groups -OCH3 is 2. The molecule has 0 radical (unpaired) electrons. The molecule has 9 heteroatoms. The Bertz CT molecular complexity index is 1460. The second-order valence-electron chi connectivity index (χ2n) is 10.2. The molecule has 214 valence electrons. The van der Waals surface area contributed by atoms with Crippen LogP contribution in [-0.4, -0.2) is 40.7 Å². The van der Waals surface area contributed by atoms with Gasteiger partial charge < -0.3 is 19.5 Å². The van der Waals surface area contributed by atoms with E-state index in [2.05, 4.69) is 19.2 Å². The van der Waals surface area contributed by atoms with Crippen molar-refractivity contribution in [1.29, 1.82) is 0 Å². The number of ether oxygens (including phenoxy) is 3. The summed E-state index contributed by atoms with van der Waals surface area (Å²) >= 11 is 0. The molecule has 1 heterocycles. The molecule has 1 aliphatic heterocycles. The molecule has 1 aliphatic rings. The Balaban J connectivity index is 1.71. The molecule has 1 N–H and O–H groups in total. The molecule has 0 aromatic heterocycles. The van der Waals surface area contributed by atoms with Crippen molar-refractivity contribution >= 4 is 21.6 Å². The zero-order valence-corrected chi connectivity index (χ0v) is 24.8. The summed E-state index contributed by atoms with van der Waals surface area (Å²) in [7, 11) is -1.23. The molecule has 1 amide bonds. The molecule has 3 aromatic carbocycles. The highest BCUT2D eigenvalue weighted by atomic mass is 32.2. The summed E-state index contributed by atoms with van der Waals surface area (Å²) in [4.78, 5) is 13.7. The van der Waals surface area contributed by atoms with E-state index in [0.29, 0.717) is 17.9 Å². The van der Waals surface area contributed by atoms with Gasteiger partial charge in [-0.05, 0) is 68.1 Å². The molecule has 0 bridgehead atoms. The highest BCUT2D eigenvalue weighted by Crippen LogP contribution is 2.42. The van der Waals surface area contributed by atoms with E-state index in [1.807, 2.05) is 44.2 Å². The van der Waals surface area contributed by atoms with E-state index < -0.39 is 28.1 Å². The fourth-order valence-corrected chi connectivity index (χ4v) is 6.73. The van der Waals surface area contributed by atoms with E-state index in [1.165, 1.54) is 26.4 Å². The second-order valence-corrected chi connectivity index (χ2v) is 12.1. The molecule has 40 heavy (non-hydrogen) atoms. The average Bonchev–Trinajstić information content (AvgIpc) is 2.94. The summed E-state index contributed by atoms with van der Waals surface area (Å²) in [5.74, 6) is 1.02. The number of fused-ring (bicyclic) bond motifs is 1. The molecule has 1 unspecified atom stereocenters. The van der Waals surface area contributed by atoms with Gasteiger partial charge in [-0.1, -0.05) is 38.1 Å². The van der Waals surface area contributed by atoms with E-state index in [1.54, 1.807) is 18.2 Å². The van der Waals surface area contributed by atoms with Crippen molar-refractivity contribution in [2.75, 3.05) is 25.1 Å². The number of nitrogens with zero attached hydrogens (tertiary/aromatic N) is 1. The third kappa shape index (κ3) is 5.89. The smallest absolute Gasteiger partial charge is 0.264 e. The summed E-state index contributed by atoms with van der Waals surface area (Å²) in [6, 6.07) is 17.3. The molecular weight excluding hydrogens is 528 g/mol. The van der Waals surface area contributed by atoms with E-state index in [4.69, 9.17) is 14.2 Å². The van der Waals surface area contributed by atoms with Crippen LogP contribution >= 0.6 is 0 Å². The fraction of sp³-hybridized carbons (Fsp3) is 0.387. The maximum absolute atomic E-state index is 14.1. The first-order valence-electron chi connectivity index (χ1n) is 13.5. The van der Waals surface area contributed by atoms with Crippen LogP contribution in [0.1, 0.15) is 55.8 Å². The van der Waals surface area contributed by atoms with Gasteiger partial charge in [0.25, 0.3) is 10.0 Å². The number of anilines is 1. The van der Waals surface area contributed by atoms with Crippen LogP contribution in [0.5, 0.6) is 17.2 Å². The third-order valence-electron chi connectivity index (χ3n) is 7.55. The number of rotatable bonds is 10. The lowest BCUT2D eigenvalue weighted by molar-refractivity contribution is -0.121. The van der Waals surface area contributed by atoms with E-state index >= 15 is 0 Å². The summed E-state index contributed by atoms with van der Waals surface area (Å²) in [5.41, 5.74) is 2.65. The maximum atomic E-state index is 14.1. The fourth-order valence-electron chi connectivity index (χ4n) is 5.31. The van der Waals surface area contributed by atoms with Gasteiger partial charge in [-0.25, -0.2) is 8.42 Å². The molecule has 0 saturated heterocycles. The number of carbonyl (C=O) groups excluding carboxylic acids is 1. The van der Waals surface area contributed by atoms with Crippen LogP contribution in [0.15, 0.2) is 65.6 Å². The van der Waals surface area contributed by atoms with Crippen molar-refractivity contribution in [2.45, 2.75) is 63.5 Å². The number of sulfonamides is 1. The molecule has 8 nitrogen and oxygen atoms in total. The van der Waals surface area contributed by atoms with Crippen LogP contribution in [-0.2, 0) is 14.8 Å². The largest absolute Gasteiger partial charge is 0.493 e. The lowest BCUT2D eigenvalue weighted by Crippen LogP contribution is -2.47. The van der Waals surface area contributed by atoms with E-state index in [9.17, 15) is 13.2 Å². The quantitative estimate of drug-likeness (QED) is 0.338. The minimum Gasteiger partial charge on any atom is -0.493 e. The van der Waals surface area contributed by atoms with E-state index in [-0.39, 0.29) is 16.7 Å². The monoisotopic (exact) mass is 566 g/mol. The first-order valence-corrected chi connectivity index (χ1v) is 14.9. The summed E-state index contributed by atoms with van der Waals surface area (Å²) < 4.78 is 46.3. The SMILES string of the molecule is CCC1(CC)CC(NC(=O)CN(c2cc(C)cc(C)c2)S(=O)(=O)c2ccc(OC)c(OC)c2)c2ccccc2O1. The molecule has 0 spiro atoms. The molecule has 4 rings (SSSR count). The average molecular weight is 567 g/mol. The van der Waals surface area contributed by atoms with Crippen LogP contribution < -0.4 is 23.8 Å². The Hall–Kier alpha value is -3.72. The zero-order chi connectivity index (χ0) is 29.1. The molecule has 0 aliphatic carbocycles. The normalized spacial score (nSPS) is 15.9. The summed E-state index contributed by atoms with van der Waals surface area (Å²) in [6.45, 7) is 7.55. The van der Waals surface area contributed by atoms with Crippen molar-refractivity contribution in [3.05, 3.63) is 77.4 Å². The lowest BCUT2D eigenvalue weighted by atomic mass is 9.83. The van der Waals surface area contributed by atoms with E-state index in [0.717, 1.165) is 39.6 Å². The summed E-state index contributed by atoms with van der Waals surface area (Å²) in [6.07, 6.45) is 2.16. The Labute approximate surface area is 237 Å². The predicted octanol–water partition coefficient (Wildman–Crippen LogP) is 5.71. The van der Waals surface area contributed by atoms with Crippen molar-refractivity contribution in [2.24, 2.45) is 0 Å². The number of benzene rings is 3. The van der Waals surface area contributed by atoms with Crippen molar-refractivity contribution < 1.29 is 27.4 Å². The van der Waals surface area contributed by atoms with Crippen LogP contribution in [0.4, 0.5) is 5.69 Å². The van der Waals surface area contributed by atoms with Crippen LogP contribution in [0.25, 0.3) is 0 Å². The maximum Gasteiger partial charge on any atom is 0.264 e. The Morgan fingerprint density at radius 2 is 1.62 bits per heavy atom. The highest BCUT2D eigenvalue weighted by Gasteiger charge is 2.39. The van der Waals surface area contributed by atoms with Gasteiger partial charge in [0.2, 0.25) is 5.91 Å². The molecular formula is C31H38N2O6S. The standard InChI is InChI=1S/C31H38N2O6S/c1-7-31(8-2)19-26(25-11-9-10-12-27(25)39-31)32-30(34)20-33(23-16-21(3)15-22(4)17-23)40(35,36)24-13-14-28(37-5)29(18-24)38-6/h9-18,26H,7-8,19-20H2,1-6H3,(H,32,34). The Kier molecular flexibility index (Phi) is 8.63. The lowest BCUT2D eigenvalue weighted by Gasteiger charge is -2.41. The van der Waals surface area contributed by atoms with Crippen molar-refractivity contribution in [3.63, 3.8) is 0 Å². The number of para-hydroxylation sites is 1. The Morgan fingerprint density at radius 3 is 2.25 bits per heavy atom. The van der Waals surface area contributed by atoms with Gasteiger partial charge in [0.1, 0.15) is 17.9 Å². The first kappa shape index (κ1) is 29.3. The van der Waals surface area contributed by atoms with Gasteiger partial charge in [0.15, 0.2) is 11.5 Å². The van der Waals surface area contributed by atoms with Gasteiger partial charge in [-0.3, -0.25) is 9.10 Å². The van der Waals surface area contributed by atoms with Crippen molar-refractivity contribution in [1.82, 2.24) is 5.32 Å². The topological polar surface area (TPSA) is 94.2 Å². The van der Waals surface area contributed by atoms with Gasteiger partial charge in [0, 0.05) is 18.1 Å². The number of amides is 1. The first-order chi connectivity index (χ1) is 19.1. The molecule has 3 aromatic rings. The molecule has 1 atom stereocenters. The van der Waals surface area contributed by atoms with Crippen molar-refractivity contribution in [3.8, 4) is 17.2 Å². The minimum absolute atomic E-state index is 0.00972. The van der Waals surface area contributed by atoms with Gasteiger partial charge >= 0.3 is 0 Å². The third-order valence-corrected chi connectivity index (χ3v) is 9.32. The van der Waals surface area contributed by atoms with Crippen LogP contribution in [0.2, 0.25) is 0 Å². The van der Waals surface area contributed by atoms with Gasteiger partial charge in [-0.2, -0.15) is 0 Å². The second kappa shape index (κ2) is 11.8.